The molecule has 2 aromatic rings. The van der Waals surface area contributed by atoms with Gasteiger partial charge in [0.05, 0.1) is 36.1 Å². The average Bonchev–Trinajstić information content (AvgIpc) is 3.01. The molecule has 0 aliphatic carbocycles. The van der Waals surface area contributed by atoms with Crippen LogP contribution in [0.1, 0.15) is 21.7 Å². The third-order valence-corrected chi connectivity index (χ3v) is 5.31. The number of aliphatic hydroxyl groups excluding tert-OH is 1. The van der Waals surface area contributed by atoms with E-state index in [1.165, 1.54) is 16.6 Å². The normalized spacial score (nSPS) is 18.7. The number of halogens is 3. The first-order valence-electron chi connectivity index (χ1n) is 9.13. The molecule has 3 heterocycles. The molecule has 160 valence electrons. The second-order valence-corrected chi connectivity index (χ2v) is 7.42. The molecule has 0 spiro atoms. The van der Waals surface area contributed by atoms with Gasteiger partial charge in [-0.3, -0.25) is 14.3 Å². The van der Waals surface area contributed by atoms with Gasteiger partial charge in [0.25, 0.3) is 5.91 Å². The van der Waals surface area contributed by atoms with Crippen molar-refractivity contribution in [1.29, 1.82) is 0 Å². The van der Waals surface area contributed by atoms with Gasteiger partial charge < -0.3 is 15.3 Å². The number of anilines is 1. The maximum absolute atomic E-state index is 14.0. The number of hydrogen-bond acceptors (Lipinski definition) is 5. The molecule has 30 heavy (non-hydrogen) atoms. The highest BCUT2D eigenvalue weighted by molar-refractivity contribution is 6.31. The van der Waals surface area contributed by atoms with Crippen LogP contribution in [0.3, 0.4) is 0 Å². The van der Waals surface area contributed by atoms with E-state index in [2.05, 4.69) is 10.4 Å². The Morgan fingerprint density at radius 3 is 2.90 bits per heavy atom. The summed E-state index contributed by atoms with van der Waals surface area (Å²) in [5.74, 6) is -2.33. The van der Waals surface area contributed by atoms with E-state index in [0.29, 0.717) is 23.7 Å². The molecule has 12 heteroatoms. The van der Waals surface area contributed by atoms with Crippen molar-refractivity contribution in [1.82, 2.24) is 19.7 Å². The predicted octanol–water partition coefficient (Wildman–Crippen LogP) is 1.78. The van der Waals surface area contributed by atoms with Crippen LogP contribution in [-0.2, 0) is 24.3 Å². The molecular weight excluding hydrogens is 424 g/mol. The molecule has 4 rings (SSSR count). The highest BCUT2D eigenvalue weighted by Crippen LogP contribution is 2.28. The van der Waals surface area contributed by atoms with Gasteiger partial charge in [-0.1, -0.05) is 11.6 Å². The van der Waals surface area contributed by atoms with Gasteiger partial charge in [0.1, 0.15) is 23.4 Å². The monoisotopic (exact) mass is 441 g/mol. The second kappa shape index (κ2) is 7.82. The zero-order valence-corrected chi connectivity index (χ0v) is 16.6. The van der Waals surface area contributed by atoms with Crippen LogP contribution in [0.5, 0.6) is 0 Å². The smallest absolute Gasteiger partial charge is 0.322 e. The summed E-state index contributed by atoms with van der Waals surface area (Å²) in [5.41, 5.74) is 1.26. The predicted molar refractivity (Wildman–Crippen MR) is 101 cm³/mol. The van der Waals surface area contributed by atoms with Crippen LogP contribution in [-0.4, -0.2) is 63.1 Å². The lowest BCUT2D eigenvalue weighted by Gasteiger charge is -2.27. The van der Waals surface area contributed by atoms with Crippen LogP contribution in [0.4, 0.5) is 19.3 Å². The van der Waals surface area contributed by atoms with Crippen LogP contribution in [0.2, 0.25) is 5.02 Å². The molecule has 0 saturated carbocycles. The topological polar surface area (TPSA) is 99.9 Å². The van der Waals surface area contributed by atoms with Gasteiger partial charge >= 0.3 is 6.03 Å². The van der Waals surface area contributed by atoms with Crippen LogP contribution >= 0.6 is 11.6 Å². The quantitative estimate of drug-likeness (QED) is 0.692. The van der Waals surface area contributed by atoms with E-state index in [0.717, 1.165) is 11.1 Å². The zero-order chi connectivity index (χ0) is 21.6. The summed E-state index contributed by atoms with van der Waals surface area (Å²) in [6, 6.07) is 0.966. The second-order valence-electron chi connectivity index (χ2n) is 7.02. The number of aliphatic hydroxyl groups is 1. The lowest BCUT2D eigenvalue weighted by atomic mass is 10.1. The lowest BCUT2D eigenvalue weighted by molar-refractivity contribution is -0.159. The third kappa shape index (κ3) is 3.59. The maximum Gasteiger partial charge on any atom is 0.322 e. The first-order chi connectivity index (χ1) is 14.3. The number of benzene rings is 1. The zero-order valence-electron chi connectivity index (χ0n) is 15.9. The van der Waals surface area contributed by atoms with Gasteiger partial charge in [0.15, 0.2) is 0 Å². The van der Waals surface area contributed by atoms with Crippen molar-refractivity contribution in [2.24, 2.45) is 0 Å². The fourth-order valence-electron chi connectivity index (χ4n) is 3.52. The van der Waals surface area contributed by atoms with Crippen LogP contribution in [0.25, 0.3) is 0 Å². The molecule has 2 aliphatic rings. The number of nitrogens with zero attached hydrogens (tertiary/aromatic N) is 4. The summed E-state index contributed by atoms with van der Waals surface area (Å²) in [6.45, 7) is 0.245. The Morgan fingerprint density at radius 1 is 1.40 bits per heavy atom. The van der Waals surface area contributed by atoms with Crippen molar-refractivity contribution in [2.45, 2.75) is 25.6 Å². The Kier molecular flexibility index (Phi) is 5.35. The SMILES string of the molecule is CN1OC(CO)Cn2nc3c(c2C1=O)CN(C(=O)Nc1cc(Cl)c(F)cc1F)CC3. The van der Waals surface area contributed by atoms with Gasteiger partial charge in [0.2, 0.25) is 0 Å². The van der Waals surface area contributed by atoms with Gasteiger partial charge in [-0.15, -0.1) is 0 Å². The van der Waals surface area contributed by atoms with Crippen LogP contribution in [0.15, 0.2) is 12.1 Å². The van der Waals surface area contributed by atoms with Gasteiger partial charge in [-0.2, -0.15) is 5.10 Å². The molecule has 2 aliphatic heterocycles. The van der Waals surface area contributed by atoms with Gasteiger partial charge in [-0.05, 0) is 6.07 Å². The van der Waals surface area contributed by atoms with Crippen molar-refractivity contribution in [2.75, 3.05) is 25.5 Å². The summed E-state index contributed by atoms with van der Waals surface area (Å²) in [5, 5.41) is 17.0. The molecule has 0 radical (unpaired) electrons. The molecule has 1 atom stereocenters. The largest absolute Gasteiger partial charge is 0.393 e. The molecule has 1 unspecified atom stereocenters. The molecule has 3 amide bonds. The molecule has 0 bridgehead atoms. The van der Waals surface area contributed by atoms with E-state index in [1.807, 2.05) is 0 Å². The summed E-state index contributed by atoms with van der Waals surface area (Å²) < 4.78 is 28.8. The van der Waals surface area contributed by atoms with E-state index in [9.17, 15) is 23.5 Å². The molecule has 1 aromatic carbocycles. The minimum absolute atomic E-state index is 0.0659. The molecule has 0 fully saturated rings. The number of aromatic nitrogens is 2. The fourth-order valence-corrected chi connectivity index (χ4v) is 3.69. The van der Waals surface area contributed by atoms with Crippen LogP contribution < -0.4 is 5.32 Å². The highest BCUT2D eigenvalue weighted by atomic mass is 35.5. The summed E-state index contributed by atoms with van der Waals surface area (Å²) in [7, 11) is 1.44. The van der Waals surface area contributed by atoms with Crippen molar-refractivity contribution < 1.29 is 28.3 Å². The Hall–Kier alpha value is -2.76. The number of carbonyl (C=O) groups excluding carboxylic acids is 2. The van der Waals surface area contributed by atoms with E-state index in [1.54, 1.807) is 0 Å². The number of urea groups is 1. The maximum atomic E-state index is 14.0. The molecule has 0 saturated heterocycles. The molecule has 9 nitrogen and oxygen atoms in total. The minimum Gasteiger partial charge on any atom is -0.393 e. The Morgan fingerprint density at radius 2 is 2.17 bits per heavy atom. The fraction of sp³-hybridized carbons (Fsp3) is 0.389. The summed E-state index contributed by atoms with van der Waals surface area (Å²) >= 11 is 5.67. The number of hydrogen-bond donors (Lipinski definition) is 2. The van der Waals surface area contributed by atoms with Crippen molar-refractivity contribution in [3.8, 4) is 0 Å². The average molecular weight is 442 g/mol. The summed E-state index contributed by atoms with van der Waals surface area (Å²) in [6.07, 6.45) is -0.246. The van der Waals surface area contributed by atoms with Gasteiger partial charge in [0, 0.05) is 31.6 Å². The number of fused-ring (bicyclic) bond motifs is 3. The van der Waals surface area contributed by atoms with Crippen LogP contribution in [0, 0.1) is 11.6 Å². The molecular formula is C18H18ClF2N5O4. The van der Waals surface area contributed by atoms with E-state index in [-0.39, 0.29) is 42.6 Å². The highest BCUT2D eigenvalue weighted by Gasteiger charge is 2.35. The minimum atomic E-state index is -0.952. The number of amides is 3. The number of carbonyl (C=O) groups is 2. The first-order valence-corrected chi connectivity index (χ1v) is 9.51. The first kappa shape index (κ1) is 20.5. The van der Waals surface area contributed by atoms with Crippen molar-refractivity contribution >= 4 is 29.2 Å². The van der Waals surface area contributed by atoms with E-state index < -0.39 is 29.7 Å². The Bertz CT molecular complexity index is 1030. The Balaban J connectivity index is 1.58. The van der Waals surface area contributed by atoms with E-state index >= 15 is 0 Å². The van der Waals surface area contributed by atoms with E-state index in [4.69, 9.17) is 16.4 Å². The summed E-state index contributed by atoms with van der Waals surface area (Å²) in [4.78, 5) is 32.2. The molecule has 1 aromatic heterocycles. The third-order valence-electron chi connectivity index (χ3n) is 5.02. The van der Waals surface area contributed by atoms with Gasteiger partial charge in [-0.25, -0.2) is 18.6 Å². The Labute approximate surface area is 174 Å². The standard InChI is InChI=1S/C18H18ClF2N5O4/c1-24-17(28)16-10-7-25(3-2-14(10)23-26(16)6-9(8-27)30-24)18(29)22-15-4-11(19)12(20)5-13(15)21/h4-5,9,27H,2-3,6-8H2,1H3,(H,22,29). The number of hydroxylamine groups is 2. The molecule has 2 N–H and O–H groups in total. The lowest BCUT2D eigenvalue weighted by Crippen LogP contribution is -2.40. The number of nitrogens with one attached hydrogen (secondary N) is 1. The number of rotatable bonds is 2. The van der Waals surface area contributed by atoms with Crippen molar-refractivity contribution in [3.63, 3.8) is 0 Å². The van der Waals surface area contributed by atoms with Crippen molar-refractivity contribution in [3.05, 3.63) is 45.7 Å².